The summed E-state index contributed by atoms with van der Waals surface area (Å²) in [5.74, 6) is 0.872. The zero-order valence-electron chi connectivity index (χ0n) is 12.4. The molecule has 0 aliphatic carbocycles. The largest absolute Gasteiger partial charge is 0.488 e. The molecule has 0 saturated carbocycles. The first kappa shape index (κ1) is 15.5. The van der Waals surface area contributed by atoms with Crippen molar-refractivity contribution in [2.45, 2.75) is 39.8 Å². The van der Waals surface area contributed by atoms with Gasteiger partial charge in [-0.25, -0.2) is 4.39 Å². The van der Waals surface area contributed by atoms with E-state index in [2.05, 4.69) is 25.7 Å². The Morgan fingerprint density at radius 2 is 2.00 bits per heavy atom. The van der Waals surface area contributed by atoms with E-state index in [1.807, 2.05) is 0 Å². The van der Waals surface area contributed by atoms with Crippen LogP contribution in [0.4, 0.5) is 4.39 Å². The molecule has 3 atom stereocenters. The van der Waals surface area contributed by atoms with Gasteiger partial charge in [-0.05, 0) is 36.7 Å². The first-order valence-electron chi connectivity index (χ1n) is 7.27. The number of rotatable bonds is 3. The van der Waals surface area contributed by atoms with E-state index in [-0.39, 0.29) is 11.3 Å². The summed E-state index contributed by atoms with van der Waals surface area (Å²) in [5, 5.41) is 18.1. The Kier molecular flexibility index (Phi) is 4.84. The van der Waals surface area contributed by atoms with Gasteiger partial charge >= 0.3 is 7.12 Å². The molecule has 0 radical (unpaired) electrons. The van der Waals surface area contributed by atoms with Gasteiger partial charge in [0.25, 0.3) is 0 Å². The lowest BCUT2D eigenvalue weighted by Gasteiger charge is -2.41. The van der Waals surface area contributed by atoms with Gasteiger partial charge in [0.15, 0.2) is 0 Å². The maximum Gasteiger partial charge on any atom is 0.488 e. The van der Waals surface area contributed by atoms with E-state index in [0.29, 0.717) is 30.0 Å². The summed E-state index contributed by atoms with van der Waals surface area (Å²) in [5.41, 5.74) is 0.808. The fraction of sp³-hybridized carbons (Fsp3) is 0.600. The molecule has 110 valence electrons. The number of likely N-dealkylation sites (tertiary alicyclic amines) is 1. The maximum atomic E-state index is 14.0. The van der Waals surface area contributed by atoms with Crippen LogP contribution in [-0.2, 0) is 6.54 Å². The average molecular weight is 279 g/mol. The minimum Gasteiger partial charge on any atom is -0.423 e. The molecule has 1 aliphatic rings. The van der Waals surface area contributed by atoms with Crippen LogP contribution in [0.2, 0.25) is 0 Å². The summed E-state index contributed by atoms with van der Waals surface area (Å²) in [4.78, 5) is 2.31. The summed E-state index contributed by atoms with van der Waals surface area (Å²) >= 11 is 0. The Balaban J connectivity index is 2.13. The Labute approximate surface area is 120 Å². The predicted molar refractivity (Wildman–Crippen MR) is 79.0 cm³/mol. The molecule has 1 fully saturated rings. The van der Waals surface area contributed by atoms with Gasteiger partial charge in [-0.15, -0.1) is 0 Å². The smallest absolute Gasteiger partial charge is 0.423 e. The van der Waals surface area contributed by atoms with Crippen LogP contribution in [0.5, 0.6) is 0 Å². The summed E-state index contributed by atoms with van der Waals surface area (Å²) in [6.45, 7) is 8.23. The van der Waals surface area contributed by atoms with Crippen LogP contribution in [0, 0.1) is 17.7 Å². The first-order valence-corrected chi connectivity index (χ1v) is 7.27. The van der Waals surface area contributed by atoms with Crippen LogP contribution in [0.25, 0.3) is 0 Å². The summed E-state index contributed by atoms with van der Waals surface area (Å²) < 4.78 is 14.0. The van der Waals surface area contributed by atoms with Crippen LogP contribution in [0.15, 0.2) is 18.2 Å². The van der Waals surface area contributed by atoms with Crippen LogP contribution in [0.1, 0.15) is 32.8 Å². The SMILES string of the molecule is CC1CC(C)C(C)N(Cc2ccc(B(O)O)cc2F)C1. The topological polar surface area (TPSA) is 43.7 Å². The molecule has 1 saturated heterocycles. The summed E-state index contributed by atoms with van der Waals surface area (Å²) in [7, 11) is -1.62. The normalized spacial score (nSPS) is 27.6. The molecule has 0 spiro atoms. The van der Waals surface area contributed by atoms with Crippen LogP contribution in [0.3, 0.4) is 0 Å². The third-order valence-corrected chi connectivity index (χ3v) is 4.47. The number of hydrogen-bond donors (Lipinski definition) is 2. The highest BCUT2D eigenvalue weighted by atomic mass is 19.1. The Bertz CT molecular complexity index is 469. The van der Waals surface area contributed by atoms with Crippen molar-refractivity contribution in [1.82, 2.24) is 4.90 Å². The van der Waals surface area contributed by atoms with Crippen molar-refractivity contribution >= 4 is 12.6 Å². The third kappa shape index (κ3) is 3.40. The van der Waals surface area contributed by atoms with Gasteiger partial charge in [-0.3, -0.25) is 4.90 Å². The highest BCUT2D eigenvalue weighted by Gasteiger charge is 2.29. The van der Waals surface area contributed by atoms with E-state index in [1.54, 1.807) is 12.1 Å². The average Bonchev–Trinajstić information content (AvgIpc) is 2.37. The van der Waals surface area contributed by atoms with Crippen molar-refractivity contribution in [2.24, 2.45) is 11.8 Å². The van der Waals surface area contributed by atoms with Gasteiger partial charge in [0.2, 0.25) is 0 Å². The molecule has 5 heteroatoms. The van der Waals surface area contributed by atoms with Gasteiger partial charge in [0.05, 0.1) is 0 Å². The molecule has 1 heterocycles. The van der Waals surface area contributed by atoms with Gasteiger partial charge < -0.3 is 10.0 Å². The van der Waals surface area contributed by atoms with Crippen LogP contribution < -0.4 is 5.46 Å². The Morgan fingerprint density at radius 1 is 1.30 bits per heavy atom. The molecule has 0 aromatic heterocycles. The molecule has 1 aromatic carbocycles. The minimum atomic E-state index is -1.62. The zero-order chi connectivity index (χ0) is 14.9. The molecular formula is C15H23BFNO2. The number of benzene rings is 1. The third-order valence-electron chi connectivity index (χ3n) is 4.47. The second-order valence-corrected chi connectivity index (χ2v) is 6.21. The van der Waals surface area contributed by atoms with E-state index in [9.17, 15) is 4.39 Å². The van der Waals surface area contributed by atoms with Crippen molar-refractivity contribution in [3.05, 3.63) is 29.6 Å². The Hall–Kier alpha value is -0.905. The number of hydrogen-bond acceptors (Lipinski definition) is 3. The van der Waals surface area contributed by atoms with Crippen molar-refractivity contribution in [3.8, 4) is 0 Å². The minimum absolute atomic E-state index is 0.194. The standard InChI is InChI=1S/C15H23BFNO2/c1-10-6-11(2)12(3)18(8-10)9-13-4-5-14(16(19)20)7-15(13)17/h4-5,7,10-12,19-20H,6,8-9H2,1-3H3. The van der Waals surface area contributed by atoms with Crippen molar-refractivity contribution in [1.29, 1.82) is 0 Å². The molecule has 1 aromatic rings. The molecule has 2 N–H and O–H groups in total. The molecular weight excluding hydrogens is 256 g/mol. The quantitative estimate of drug-likeness (QED) is 0.821. The highest BCUT2D eigenvalue weighted by molar-refractivity contribution is 6.58. The zero-order valence-corrected chi connectivity index (χ0v) is 12.4. The monoisotopic (exact) mass is 279 g/mol. The lowest BCUT2D eigenvalue weighted by Crippen LogP contribution is -2.45. The van der Waals surface area contributed by atoms with Gasteiger partial charge in [0.1, 0.15) is 5.82 Å². The maximum absolute atomic E-state index is 14.0. The second-order valence-electron chi connectivity index (χ2n) is 6.21. The van der Waals surface area contributed by atoms with Gasteiger partial charge in [0, 0.05) is 24.7 Å². The second kappa shape index (κ2) is 6.25. The lowest BCUT2D eigenvalue weighted by molar-refractivity contribution is 0.0720. The summed E-state index contributed by atoms with van der Waals surface area (Å²) in [6, 6.07) is 4.88. The van der Waals surface area contributed by atoms with E-state index >= 15 is 0 Å². The summed E-state index contributed by atoms with van der Waals surface area (Å²) in [6.07, 6.45) is 1.22. The van der Waals surface area contributed by atoms with Crippen molar-refractivity contribution < 1.29 is 14.4 Å². The number of halogens is 1. The van der Waals surface area contributed by atoms with E-state index < -0.39 is 7.12 Å². The highest BCUT2D eigenvalue weighted by Crippen LogP contribution is 2.28. The van der Waals surface area contributed by atoms with E-state index in [1.165, 1.54) is 12.5 Å². The fourth-order valence-corrected chi connectivity index (χ4v) is 3.11. The molecule has 2 rings (SSSR count). The van der Waals surface area contributed by atoms with Crippen LogP contribution in [-0.4, -0.2) is 34.7 Å². The lowest BCUT2D eigenvalue weighted by atomic mass is 9.80. The van der Waals surface area contributed by atoms with Gasteiger partial charge in [-0.1, -0.05) is 26.0 Å². The Morgan fingerprint density at radius 3 is 2.60 bits per heavy atom. The van der Waals surface area contributed by atoms with Crippen LogP contribution >= 0.6 is 0 Å². The predicted octanol–water partition coefficient (Wildman–Crippen LogP) is 1.37. The van der Waals surface area contributed by atoms with E-state index in [0.717, 1.165) is 6.54 Å². The molecule has 0 amide bonds. The molecule has 0 bridgehead atoms. The molecule has 3 unspecified atom stereocenters. The fourth-order valence-electron chi connectivity index (χ4n) is 3.11. The molecule has 1 aliphatic heterocycles. The van der Waals surface area contributed by atoms with Gasteiger partial charge in [-0.2, -0.15) is 0 Å². The van der Waals surface area contributed by atoms with Crippen molar-refractivity contribution in [2.75, 3.05) is 6.54 Å². The van der Waals surface area contributed by atoms with E-state index in [4.69, 9.17) is 10.0 Å². The number of piperidine rings is 1. The molecule has 3 nitrogen and oxygen atoms in total. The molecule has 20 heavy (non-hydrogen) atoms. The first-order chi connectivity index (χ1) is 9.38. The van der Waals surface area contributed by atoms with Crippen molar-refractivity contribution in [3.63, 3.8) is 0 Å². The number of nitrogens with zero attached hydrogens (tertiary/aromatic N) is 1.